The van der Waals surface area contributed by atoms with Crippen LogP contribution in [0.2, 0.25) is 0 Å². The van der Waals surface area contributed by atoms with Crippen LogP contribution in [0.4, 0.5) is 0 Å². The molecule has 4 saturated heterocycles. The van der Waals surface area contributed by atoms with E-state index in [-0.39, 0.29) is 30.6 Å². The third-order valence-electron chi connectivity index (χ3n) is 21.3. The molecule has 444 valence electrons. The molecule has 13 N–H and O–H groups in total. The van der Waals surface area contributed by atoms with Gasteiger partial charge in [-0.15, -0.1) is 0 Å². The molecule has 78 heavy (non-hydrogen) atoms. The number of hydrogen-bond acceptors (Lipinski definition) is 23. The first-order valence-electron chi connectivity index (χ1n) is 27.7. The predicted octanol–water partition coefficient (Wildman–Crippen LogP) is -1.74. The van der Waals surface area contributed by atoms with E-state index in [1.54, 1.807) is 6.92 Å². The van der Waals surface area contributed by atoms with Crippen molar-refractivity contribution in [2.45, 2.75) is 248 Å². The highest BCUT2D eigenvalue weighted by Gasteiger charge is 2.73. The van der Waals surface area contributed by atoms with Gasteiger partial charge in [0, 0.05) is 0 Å². The monoisotopic (exact) mass is 1120 g/mol. The zero-order chi connectivity index (χ0) is 57.3. The highest BCUT2D eigenvalue weighted by Crippen LogP contribution is 2.76. The molecule has 8 fully saturated rings. The third kappa shape index (κ3) is 9.36. The lowest BCUT2D eigenvalue weighted by atomic mass is 9.33. The number of aliphatic hydroxyl groups excluding tert-OH is 12. The van der Waals surface area contributed by atoms with Crippen LogP contribution in [0.5, 0.6) is 0 Å². The summed E-state index contributed by atoms with van der Waals surface area (Å²) in [4.78, 5) is 41.7. The average Bonchev–Trinajstić information content (AvgIpc) is 3.55. The summed E-state index contributed by atoms with van der Waals surface area (Å²) < 4.78 is 48.0. The van der Waals surface area contributed by atoms with Gasteiger partial charge in [-0.3, -0.25) is 4.79 Å². The summed E-state index contributed by atoms with van der Waals surface area (Å²) in [5.74, 6) is -3.47. The second-order valence-electron chi connectivity index (χ2n) is 26.0. The van der Waals surface area contributed by atoms with E-state index >= 15 is 0 Å². The van der Waals surface area contributed by atoms with Gasteiger partial charge in [0.25, 0.3) is 0 Å². The molecule has 0 aromatic heterocycles. The Morgan fingerprint density at radius 1 is 0.628 bits per heavy atom. The first-order valence-corrected chi connectivity index (χ1v) is 27.7. The van der Waals surface area contributed by atoms with Gasteiger partial charge < -0.3 is 109 Å². The summed E-state index contributed by atoms with van der Waals surface area (Å²) in [5.41, 5.74) is -3.84. The van der Waals surface area contributed by atoms with Crippen LogP contribution < -0.4 is 0 Å². The minimum absolute atomic E-state index is 0.114. The topological polar surface area (TPSA) is 388 Å². The summed E-state index contributed by atoms with van der Waals surface area (Å²) in [6.45, 7) is 14.5. The molecule has 0 unspecified atom stereocenters. The number of rotatable bonds is 11. The van der Waals surface area contributed by atoms with Crippen LogP contribution in [-0.4, -0.2) is 226 Å². The van der Waals surface area contributed by atoms with Gasteiger partial charge in [0.05, 0.1) is 36.4 Å². The average molecular weight is 1120 g/mol. The van der Waals surface area contributed by atoms with Gasteiger partial charge in [0.2, 0.25) is 6.29 Å². The molecule has 0 bridgehead atoms. The van der Waals surface area contributed by atoms with Crippen molar-refractivity contribution in [3.05, 3.63) is 11.6 Å². The van der Waals surface area contributed by atoms with Crippen LogP contribution in [0.3, 0.4) is 0 Å². The van der Waals surface area contributed by atoms with E-state index in [0.717, 1.165) is 11.9 Å². The Hall–Kier alpha value is -2.41. The van der Waals surface area contributed by atoms with Gasteiger partial charge in [-0.25, -0.2) is 4.79 Å². The van der Waals surface area contributed by atoms with Crippen molar-refractivity contribution >= 4 is 18.2 Å². The number of carbonyl (C=O) groups excluding carboxylic acids is 2. The molecule has 24 nitrogen and oxygen atoms in total. The maximum Gasteiger partial charge on any atom is 0.335 e. The fourth-order valence-electron chi connectivity index (χ4n) is 16.3. The molecular formula is C54H84O24. The molecule has 0 spiro atoms. The molecule has 0 radical (unpaired) electrons. The first kappa shape index (κ1) is 60.2. The molecular weight excluding hydrogens is 1030 g/mol. The zero-order valence-corrected chi connectivity index (χ0v) is 45.5. The molecule has 0 amide bonds. The second kappa shape index (κ2) is 21.3. The van der Waals surface area contributed by atoms with E-state index in [1.807, 2.05) is 0 Å². The number of allylic oxidation sites excluding steroid dienone is 2. The highest BCUT2D eigenvalue weighted by atomic mass is 16.8. The van der Waals surface area contributed by atoms with E-state index in [4.69, 9.17) is 37.9 Å². The minimum atomic E-state index is -2.18. The van der Waals surface area contributed by atoms with Crippen LogP contribution in [0.25, 0.3) is 0 Å². The Labute approximate surface area is 452 Å². The third-order valence-corrected chi connectivity index (χ3v) is 21.3. The van der Waals surface area contributed by atoms with Gasteiger partial charge in [0.15, 0.2) is 25.0 Å². The van der Waals surface area contributed by atoms with Crippen molar-refractivity contribution in [1.82, 2.24) is 0 Å². The maximum atomic E-state index is 14.8. The Morgan fingerprint density at radius 2 is 1.21 bits per heavy atom. The highest BCUT2D eigenvalue weighted by molar-refractivity contribution is 5.80. The number of hydrogen-bond donors (Lipinski definition) is 13. The van der Waals surface area contributed by atoms with Crippen molar-refractivity contribution in [1.29, 1.82) is 0 Å². The quantitative estimate of drug-likeness (QED) is 0.0473. The molecule has 5 aliphatic carbocycles. The summed E-state index contributed by atoms with van der Waals surface area (Å²) in [5, 5.41) is 141. The van der Waals surface area contributed by atoms with Crippen molar-refractivity contribution in [3.8, 4) is 0 Å². The molecule has 9 aliphatic rings. The smallest absolute Gasteiger partial charge is 0.335 e. The van der Waals surface area contributed by atoms with Crippen molar-refractivity contribution < 1.29 is 119 Å². The number of carboxylic acids is 1. The first-order chi connectivity index (χ1) is 36.4. The number of ether oxygens (including phenoxy) is 8. The zero-order valence-electron chi connectivity index (χ0n) is 45.5. The Balaban J connectivity index is 1.03. The van der Waals surface area contributed by atoms with Crippen molar-refractivity contribution in [3.63, 3.8) is 0 Å². The molecule has 30 atom stereocenters. The van der Waals surface area contributed by atoms with Gasteiger partial charge in [-0.1, -0.05) is 53.2 Å². The number of carboxylic acid groups (broad SMARTS) is 1. The van der Waals surface area contributed by atoms with Gasteiger partial charge in [-0.05, 0) is 111 Å². The lowest BCUT2D eigenvalue weighted by Gasteiger charge is -2.71. The van der Waals surface area contributed by atoms with Gasteiger partial charge in [-0.2, -0.15) is 0 Å². The van der Waals surface area contributed by atoms with E-state index in [1.165, 1.54) is 13.8 Å². The number of fused-ring (bicyclic) bond motifs is 7. The van der Waals surface area contributed by atoms with E-state index < -0.39 is 192 Å². The Bertz CT molecular complexity index is 2250. The lowest BCUT2D eigenvalue weighted by Crippen LogP contribution is -2.69. The van der Waals surface area contributed by atoms with Crippen LogP contribution in [0.15, 0.2) is 11.6 Å². The second-order valence-corrected chi connectivity index (χ2v) is 26.0. The van der Waals surface area contributed by atoms with Crippen LogP contribution in [0, 0.1) is 50.2 Å². The largest absolute Gasteiger partial charge is 0.479 e. The number of esters is 1. The number of aliphatic hydroxyl groups is 12. The Morgan fingerprint density at radius 3 is 1.81 bits per heavy atom. The number of aliphatic carboxylic acids is 1. The predicted molar refractivity (Wildman–Crippen MR) is 262 cm³/mol. The maximum absolute atomic E-state index is 14.8. The standard InChI is InChI=1S/C54H84O24/c1-21-30(58)33(61)36(64)44(71-21)75-40-39(67)41(43(68)69)76-47(42(40)77-46-38(66)35(63)32(60)25(19-55)73-46)74-29-12-13-50(5)26(51(29,6)20-56)11-14-52(7)27(50)10-9-23-24-17-49(3,4)15-16-54(24,28(57)18-53(23,52)8)48(70)78-45-37(65)34(62)31(59)22(2)72-45/h9,20-22,24-42,44-47,55,57-67H,10-19H2,1-8H3,(H,68,69)/t21-,22+,24-,25+,26+,27+,28+,29-,30-,31-,32-,33+,34-,35-,36+,37+,38+,39-,40-,41-,42+,44-,45-,46-,47+,50-,51-,52+,53+,54+/m0/s1. The summed E-state index contributed by atoms with van der Waals surface area (Å²) >= 11 is 0. The fraction of sp³-hybridized carbons (Fsp3) is 0.907. The summed E-state index contributed by atoms with van der Waals surface area (Å²) in [6, 6.07) is 0. The molecule has 4 aliphatic heterocycles. The van der Waals surface area contributed by atoms with Crippen molar-refractivity contribution in [2.75, 3.05) is 6.61 Å². The lowest BCUT2D eigenvalue weighted by molar-refractivity contribution is -0.394. The molecule has 24 heteroatoms. The molecule has 4 heterocycles. The SMILES string of the molecule is C[C@@H]1O[C@@H](O[C@H]2[C@H](O)[C@@H](C(=O)O)O[C@@H](O[C@H]3CC[C@]4(C)[C@H]5CC=C6[C@@H]7CC(C)(C)CC[C@]7(C(=O)O[C@@H]7O[C@H](C)[C@H](O)[C@H](O)[C@H]7O)[C@H](O)C[C@@]6(C)[C@]5(C)CC[C@H]4[C@]3(C)C=O)[C@@H]2O[C@@H]2O[C@H](CO)[C@H](O)[C@H](O)[C@H]2O)[C@H](O)[C@H](O)[C@H]1O. The fourth-order valence-corrected chi connectivity index (χ4v) is 16.3. The Kier molecular flexibility index (Phi) is 16.5. The van der Waals surface area contributed by atoms with Crippen LogP contribution in [-0.2, 0) is 52.3 Å². The molecule has 9 rings (SSSR count). The molecule has 0 aromatic carbocycles. The van der Waals surface area contributed by atoms with Crippen molar-refractivity contribution in [2.24, 2.45) is 50.2 Å². The van der Waals surface area contributed by atoms with Crippen LogP contribution in [0.1, 0.15) is 113 Å². The molecule has 0 aromatic rings. The van der Waals surface area contributed by atoms with Gasteiger partial charge >= 0.3 is 11.9 Å². The van der Waals surface area contributed by atoms with E-state index in [2.05, 4.69) is 40.7 Å². The minimum Gasteiger partial charge on any atom is -0.479 e. The summed E-state index contributed by atoms with van der Waals surface area (Å²) in [6.07, 6.45) is -30.6. The van der Waals surface area contributed by atoms with Crippen LogP contribution >= 0.6 is 0 Å². The molecule has 4 saturated carbocycles. The van der Waals surface area contributed by atoms with E-state index in [0.29, 0.717) is 38.5 Å². The summed E-state index contributed by atoms with van der Waals surface area (Å²) in [7, 11) is 0. The van der Waals surface area contributed by atoms with E-state index in [9.17, 15) is 80.8 Å². The number of carbonyl (C=O) groups is 3. The van der Waals surface area contributed by atoms with Gasteiger partial charge in [0.1, 0.15) is 91.1 Å². The normalized spacial score (nSPS) is 55.0. The number of aldehydes is 1.